The van der Waals surface area contributed by atoms with E-state index in [4.69, 9.17) is 17.3 Å². The first-order valence-corrected chi connectivity index (χ1v) is 7.10. The second-order valence-electron chi connectivity index (χ2n) is 5.27. The fourth-order valence-electron chi connectivity index (χ4n) is 2.53. The van der Waals surface area contributed by atoms with E-state index in [2.05, 4.69) is 4.98 Å². The molecule has 8 heteroatoms. The summed E-state index contributed by atoms with van der Waals surface area (Å²) in [5.41, 5.74) is 5.66. The van der Waals surface area contributed by atoms with Gasteiger partial charge in [-0.3, -0.25) is 14.9 Å². The van der Waals surface area contributed by atoms with Gasteiger partial charge in [0.1, 0.15) is 11.3 Å². The summed E-state index contributed by atoms with van der Waals surface area (Å²) >= 11 is 5.90. The van der Waals surface area contributed by atoms with Crippen molar-refractivity contribution >= 4 is 23.2 Å². The number of pyridine rings is 1. The van der Waals surface area contributed by atoms with Crippen molar-refractivity contribution in [2.75, 3.05) is 7.05 Å². The van der Waals surface area contributed by atoms with Gasteiger partial charge in [-0.25, -0.2) is 4.98 Å². The summed E-state index contributed by atoms with van der Waals surface area (Å²) in [7, 11) is 1.68. The summed E-state index contributed by atoms with van der Waals surface area (Å²) in [5, 5.41) is 10.8. The minimum absolute atomic E-state index is 0.0232. The number of carbonyl (C=O) groups is 1. The molecule has 21 heavy (non-hydrogen) atoms. The van der Waals surface area contributed by atoms with E-state index in [1.165, 1.54) is 6.07 Å². The lowest BCUT2D eigenvalue weighted by Crippen LogP contribution is -2.42. The van der Waals surface area contributed by atoms with E-state index >= 15 is 0 Å². The van der Waals surface area contributed by atoms with Gasteiger partial charge in [0.15, 0.2) is 0 Å². The van der Waals surface area contributed by atoms with E-state index in [1.54, 1.807) is 11.9 Å². The van der Waals surface area contributed by atoms with Crippen LogP contribution in [0.15, 0.2) is 12.3 Å². The van der Waals surface area contributed by atoms with E-state index in [1.807, 2.05) is 0 Å². The Bertz CT molecular complexity index is 558. The fourth-order valence-corrected chi connectivity index (χ4v) is 2.72. The van der Waals surface area contributed by atoms with Crippen molar-refractivity contribution in [2.24, 2.45) is 5.73 Å². The van der Waals surface area contributed by atoms with Gasteiger partial charge in [-0.05, 0) is 25.7 Å². The molecule has 0 bridgehead atoms. The van der Waals surface area contributed by atoms with Crippen LogP contribution >= 0.6 is 11.6 Å². The van der Waals surface area contributed by atoms with Crippen LogP contribution < -0.4 is 5.73 Å². The lowest BCUT2D eigenvalue weighted by atomic mass is 9.91. The molecule has 0 radical (unpaired) electrons. The van der Waals surface area contributed by atoms with Gasteiger partial charge in [0.2, 0.25) is 0 Å². The molecule has 1 saturated carbocycles. The molecule has 0 aliphatic heterocycles. The van der Waals surface area contributed by atoms with E-state index in [0.717, 1.165) is 31.9 Å². The maximum Gasteiger partial charge on any atom is 0.288 e. The first kappa shape index (κ1) is 15.7. The largest absolute Gasteiger partial charge is 0.339 e. The lowest BCUT2D eigenvalue weighted by molar-refractivity contribution is -0.385. The molecular formula is C13H17ClN4O3. The molecular weight excluding hydrogens is 296 g/mol. The maximum atomic E-state index is 12.5. The Morgan fingerprint density at radius 3 is 2.67 bits per heavy atom. The number of amides is 1. The Morgan fingerprint density at radius 2 is 2.10 bits per heavy atom. The number of carbonyl (C=O) groups excluding carboxylic acids is 1. The Labute approximate surface area is 127 Å². The average Bonchev–Trinajstić information content (AvgIpc) is 2.47. The van der Waals surface area contributed by atoms with E-state index in [-0.39, 0.29) is 34.4 Å². The quantitative estimate of drug-likeness (QED) is 0.522. The molecule has 0 atom stereocenters. The molecule has 2 N–H and O–H groups in total. The monoisotopic (exact) mass is 312 g/mol. The highest BCUT2D eigenvalue weighted by Crippen LogP contribution is 2.25. The Balaban J connectivity index is 2.19. The minimum atomic E-state index is -0.597. The van der Waals surface area contributed by atoms with Gasteiger partial charge in [0.05, 0.1) is 10.5 Å². The number of hydrogen-bond acceptors (Lipinski definition) is 5. The molecule has 1 amide bonds. The van der Waals surface area contributed by atoms with Crippen molar-refractivity contribution in [3.8, 4) is 0 Å². The Hall–Kier alpha value is -1.73. The number of halogens is 1. The molecule has 1 aromatic heterocycles. The first-order valence-electron chi connectivity index (χ1n) is 6.73. The third-order valence-corrected chi connectivity index (χ3v) is 4.18. The molecule has 1 aromatic rings. The van der Waals surface area contributed by atoms with E-state index < -0.39 is 4.92 Å². The topological polar surface area (TPSA) is 102 Å². The number of rotatable bonds is 3. The van der Waals surface area contributed by atoms with E-state index in [9.17, 15) is 14.9 Å². The van der Waals surface area contributed by atoms with Gasteiger partial charge in [-0.15, -0.1) is 0 Å². The van der Waals surface area contributed by atoms with Crippen LogP contribution in [0.25, 0.3) is 0 Å². The van der Waals surface area contributed by atoms with Crippen molar-refractivity contribution in [2.45, 2.75) is 37.8 Å². The molecule has 0 unspecified atom stereocenters. The van der Waals surface area contributed by atoms with Crippen LogP contribution in [0, 0.1) is 10.1 Å². The smallest absolute Gasteiger partial charge is 0.288 e. The lowest BCUT2D eigenvalue weighted by Gasteiger charge is -2.33. The third kappa shape index (κ3) is 3.48. The van der Waals surface area contributed by atoms with Gasteiger partial charge >= 0.3 is 0 Å². The highest BCUT2D eigenvalue weighted by Gasteiger charge is 2.28. The summed E-state index contributed by atoms with van der Waals surface area (Å²) in [6.45, 7) is 0. The van der Waals surface area contributed by atoms with Crippen LogP contribution in [0.2, 0.25) is 5.15 Å². The second kappa shape index (κ2) is 6.36. The maximum absolute atomic E-state index is 12.5. The van der Waals surface area contributed by atoms with Crippen LogP contribution in [0.4, 0.5) is 5.69 Å². The summed E-state index contributed by atoms with van der Waals surface area (Å²) < 4.78 is 0. The fraction of sp³-hybridized carbons (Fsp3) is 0.538. The zero-order valence-corrected chi connectivity index (χ0v) is 12.4. The molecule has 0 saturated heterocycles. The molecule has 1 heterocycles. The van der Waals surface area contributed by atoms with Gasteiger partial charge in [0, 0.05) is 25.2 Å². The van der Waals surface area contributed by atoms with Crippen LogP contribution in [0.3, 0.4) is 0 Å². The molecule has 0 aromatic carbocycles. The summed E-state index contributed by atoms with van der Waals surface area (Å²) in [6.07, 6.45) is 4.41. The first-order chi connectivity index (χ1) is 9.90. The molecule has 1 fully saturated rings. The number of aromatic nitrogens is 1. The molecule has 0 spiro atoms. The highest BCUT2D eigenvalue weighted by atomic mass is 35.5. The highest BCUT2D eigenvalue weighted by molar-refractivity contribution is 6.32. The molecule has 114 valence electrons. The zero-order chi connectivity index (χ0) is 15.6. The van der Waals surface area contributed by atoms with Crippen LogP contribution in [-0.2, 0) is 0 Å². The van der Waals surface area contributed by atoms with Crippen molar-refractivity contribution in [3.63, 3.8) is 0 Å². The van der Waals surface area contributed by atoms with Crippen LogP contribution in [0.1, 0.15) is 36.0 Å². The predicted octanol–water partition coefficient (Wildman–Crippen LogP) is 1.99. The van der Waals surface area contributed by atoms with Crippen molar-refractivity contribution in [3.05, 3.63) is 33.1 Å². The summed E-state index contributed by atoms with van der Waals surface area (Å²) in [5.74, 6) is -0.350. The van der Waals surface area contributed by atoms with Crippen molar-refractivity contribution in [1.82, 2.24) is 9.88 Å². The number of nitrogens with zero attached hydrogens (tertiary/aromatic N) is 3. The molecule has 1 aliphatic rings. The predicted molar refractivity (Wildman–Crippen MR) is 78.2 cm³/mol. The van der Waals surface area contributed by atoms with Crippen molar-refractivity contribution < 1.29 is 9.72 Å². The molecule has 7 nitrogen and oxygen atoms in total. The molecule has 1 aliphatic carbocycles. The Morgan fingerprint density at radius 1 is 1.48 bits per heavy atom. The molecule has 2 rings (SSSR count). The number of nitro groups is 1. The van der Waals surface area contributed by atoms with Crippen LogP contribution in [0.5, 0.6) is 0 Å². The van der Waals surface area contributed by atoms with E-state index in [0.29, 0.717) is 0 Å². The standard InChI is InChI=1S/C13H17ClN4O3/c1-17(9-4-2-8(15)3-5-9)13(19)11-6-10(18(20)21)7-16-12(11)14/h6-9H,2-5,15H2,1H3. The summed E-state index contributed by atoms with van der Waals surface area (Å²) in [6, 6.07) is 1.43. The second-order valence-corrected chi connectivity index (χ2v) is 5.63. The van der Waals surface area contributed by atoms with Crippen molar-refractivity contribution in [1.29, 1.82) is 0 Å². The zero-order valence-electron chi connectivity index (χ0n) is 11.7. The SMILES string of the molecule is CN(C(=O)c1cc([N+](=O)[O-])cnc1Cl)C1CCC(N)CC1. The van der Waals surface area contributed by atoms with Crippen LogP contribution in [-0.4, -0.2) is 39.8 Å². The average molecular weight is 313 g/mol. The normalized spacial score (nSPS) is 21.9. The van der Waals surface area contributed by atoms with Gasteiger partial charge in [-0.1, -0.05) is 11.6 Å². The number of hydrogen-bond donors (Lipinski definition) is 1. The number of nitrogens with two attached hydrogens (primary N) is 1. The Kier molecular flexibility index (Phi) is 4.74. The van der Waals surface area contributed by atoms with Gasteiger partial charge in [0.25, 0.3) is 11.6 Å². The summed E-state index contributed by atoms with van der Waals surface area (Å²) in [4.78, 5) is 27.9. The minimum Gasteiger partial charge on any atom is -0.339 e. The third-order valence-electron chi connectivity index (χ3n) is 3.88. The van der Waals surface area contributed by atoms with Gasteiger partial charge < -0.3 is 10.6 Å². The van der Waals surface area contributed by atoms with Gasteiger partial charge in [-0.2, -0.15) is 0 Å².